The third-order valence-electron chi connectivity index (χ3n) is 4.09. The average molecular weight is 314 g/mol. The summed E-state index contributed by atoms with van der Waals surface area (Å²) in [4.78, 5) is 25.0. The quantitative estimate of drug-likeness (QED) is 0.852. The molecule has 0 aliphatic carbocycles. The predicted octanol–water partition coefficient (Wildman–Crippen LogP) is 2.19. The van der Waals surface area contributed by atoms with Gasteiger partial charge in [-0.1, -0.05) is 0 Å². The van der Waals surface area contributed by atoms with Crippen LogP contribution in [-0.4, -0.2) is 47.0 Å². The van der Waals surface area contributed by atoms with Gasteiger partial charge in [-0.15, -0.1) is 0 Å². The van der Waals surface area contributed by atoms with Crippen molar-refractivity contribution in [1.82, 2.24) is 14.9 Å². The van der Waals surface area contributed by atoms with Crippen molar-refractivity contribution < 1.29 is 9.18 Å². The fourth-order valence-corrected chi connectivity index (χ4v) is 2.78. The lowest BCUT2D eigenvalue weighted by Gasteiger charge is -2.36. The molecule has 0 radical (unpaired) electrons. The lowest BCUT2D eigenvalue weighted by molar-refractivity contribution is 0.0745. The van der Waals surface area contributed by atoms with Crippen molar-refractivity contribution in [3.8, 4) is 0 Å². The second-order valence-corrected chi connectivity index (χ2v) is 5.67. The summed E-state index contributed by atoms with van der Waals surface area (Å²) in [7, 11) is 0. The van der Waals surface area contributed by atoms with Gasteiger partial charge >= 0.3 is 0 Å². The lowest BCUT2D eigenvalue weighted by Crippen LogP contribution is -2.49. The summed E-state index contributed by atoms with van der Waals surface area (Å²) in [5, 5.41) is 0. The zero-order valence-electron chi connectivity index (χ0n) is 13.3. The number of carbonyl (C=O) groups excluding carboxylic acids is 1. The fraction of sp³-hybridized carbons (Fsp3) is 0.353. The number of aromatic nitrogens is 2. The number of aryl methyl sites for hydroxylation is 2. The predicted molar refractivity (Wildman–Crippen MR) is 86.0 cm³/mol. The third-order valence-corrected chi connectivity index (χ3v) is 4.09. The molecule has 2 aromatic rings. The number of halogens is 1. The van der Waals surface area contributed by atoms with Gasteiger partial charge in [0, 0.05) is 38.1 Å². The van der Waals surface area contributed by atoms with Gasteiger partial charge in [-0.2, -0.15) is 0 Å². The number of piperazine rings is 1. The molecule has 1 aliphatic heterocycles. The van der Waals surface area contributed by atoms with Gasteiger partial charge in [0.25, 0.3) is 5.91 Å². The van der Waals surface area contributed by atoms with Crippen molar-refractivity contribution in [2.24, 2.45) is 0 Å². The number of nitrogens with zero attached hydrogens (tertiary/aromatic N) is 4. The van der Waals surface area contributed by atoms with Gasteiger partial charge in [0.2, 0.25) is 0 Å². The van der Waals surface area contributed by atoms with Crippen LogP contribution in [0.3, 0.4) is 0 Å². The zero-order chi connectivity index (χ0) is 16.4. The van der Waals surface area contributed by atoms with Crippen molar-refractivity contribution in [1.29, 1.82) is 0 Å². The van der Waals surface area contributed by atoms with Crippen LogP contribution < -0.4 is 4.90 Å². The van der Waals surface area contributed by atoms with Crippen LogP contribution in [0.2, 0.25) is 0 Å². The smallest absolute Gasteiger partial charge is 0.257 e. The van der Waals surface area contributed by atoms with E-state index < -0.39 is 0 Å². The molecule has 1 saturated heterocycles. The minimum atomic E-state index is -0.239. The Kier molecular flexibility index (Phi) is 4.23. The molecule has 0 unspecified atom stereocenters. The molecule has 0 N–H and O–H groups in total. The van der Waals surface area contributed by atoms with Crippen molar-refractivity contribution in [2.75, 3.05) is 31.1 Å². The zero-order valence-corrected chi connectivity index (χ0v) is 13.3. The highest BCUT2D eigenvalue weighted by Crippen LogP contribution is 2.18. The van der Waals surface area contributed by atoms with Crippen LogP contribution in [0.4, 0.5) is 10.1 Å². The van der Waals surface area contributed by atoms with Crippen LogP contribution in [0.15, 0.2) is 30.5 Å². The summed E-state index contributed by atoms with van der Waals surface area (Å²) < 4.78 is 13.0. The molecule has 5 nitrogen and oxygen atoms in total. The van der Waals surface area contributed by atoms with Gasteiger partial charge in [-0.3, -0.25) is 4.79 Å². The molecular weight excluding hydrogens is 295 g/mol. The summed E-state index contributed by atoms with van der Waals surface area (Å²) in [6.45, 7) is 6.35. The second kappa shape index (κ2) is 6.32. The van der Waals surface area contributed by atoms with Gasteiger partial charge in [-0.05, 0) is 38.1 Å². The van der Waals surface area contributed by atoms with E-state index in [0.717, 1.165) is 18.8 Å². The highest BCUT2D eigenvalue weighted by Gasteiger charge is 2.24. The largest absolute Gasteiger partial charge is 0.368 e. The van der Waals surface area contributed by atoms with Crippen LogP contribution >= 0.6 is 0 Å². The molecule has 23 heavy (non-hydrogen) atoms. The highest BCUT2D eigenvalue weighted by molar-refractivity contribution is 5.95. The lowest BCUT2D eigenvalue weighted by atomic mass is 10.2. The minimum absolute atomic E-state index is 0.0266. The minimum Gasteiger partial charge on any atom is -0.368 e. The number of anilines is 1. The van der Waals surface area contributed by atoms with E-state index in [4.69, 9.17) is 0 Å². The Morgan fingerprint density at radius 1 is 1.09 bits per heavy atom. The summed E-state index contributed by atoms with van der Waals surface area (Å²) in [6, 6.07) is 6.45. The molecule has 0 saturated carbocycles. The summed E-state index contributed by atoms with van der Waals surface area (Å²) >= 11 is 0. The SMILES string of the molecule is Cc1ncc(C(=O)N2CCN(c3ccc(F)cc3)CC2)c(C)n1. The maximum absolute atomic E-state index is 13.0. The molecular formula is C17H19FN4O. The monoisotopic (exact) mass is 314 g/mol. The maximum Gasteiger partial charge on any atom is 0.257 e. The van der Waals surface area contributed by atoms with Crippen LogP contribution in [0, 0.1) is 19.7 Å². The van der Waals surface area contributed by atoms with Crippen molar-refractivity contribution in [3.05, 3.63) is 53.4 Å². The van der Waals surface area contributed by atoms with Crippen LogP contribution in [0.25, 0.3) is 0 Å². The van der Waals surface area contributed by atoms with E-state index in [9.17, 15) is 9.18 Å². The second-order valence-electron chi connectivity index (χ2n) is 5.67. The Morgan fingerprint density at radius 3 is 2.35 bits per heavy atom. The van der Waals surface area contributed by atoms with Crippen LogP contribution in [-0.2, 0) is 0 Å². The van der Waals surface area contributed by atoms with Crippen molar-refractivity contribution in [3.63, 3.8) is 0 Å². The standard InChI is InChI=1S/C17H19FN4O/c1-12-16(11-19-13(2)20-12)17(23)22-9-7-21(8-10-22)15-5-3-14(18)4-6-15/h3-6,11H,7-10H2,1-2H3. The Hall–Kier alpha value is -2.50. The Morgan fingerprint density at radius 2 is 1.74 bits per heavy atom. The Balaban J connectivity index is 1.66. The molecule has 3 rings (SSSR count). The van der Waals surface area contributed by atoms with E-state index in [2.05, 4.69) is 14.9 Å². The first-order chi connectivity index (χ1) is 11.0. The number of amides is 1. The van der Waals surface area contributed by atoms with Gasteiger partial charge < -0.3 is 9.80 Å². The number of hydrogen-bond donors (Lipinski definition) is 0. The number of benzene rings is 1. The molecule has 0 spiro atoms. The van der Waals surface area contributed by atoms with Gasteiger partial charge in [-0.25, -0.2) is 14.4 Å². The van der Waals surface area contributed by atoms with E-state index in [1.165, 1.54) is 12.1 Å². The van der Waals surface area contributed by atoms with Gasteiger partial charge in [0.1, 0.15) is 11.6 Å². The van der Waals surface area contributed by atoms with E-state index >= 15 is 0 Å². The normalized spacial score (nSPS) is 14.9. The van der Waals surface area contributed by atoms with Gasteiger partial charge in [0.15, 0.2) is 0 Å². The van der Waals surface area contributed by atoms with Crippen molar-refractivity contribution in [2.45, 2.75) is 13.8 Å². The number of carbonyl (C=O) groups is 1. The Labute approximate surface area is 134 Å². The maximum atomic E-state index is 13.0. The van der Waals surface area contributed by atoms with E-state index in [1.54, 1.807) is 18.3 Å². The first-order valence-electron chi connectivity index (χ1n) is 7.64. The molecule has 1 aliphatic rings. The molecule has 1 aromatic heterocycles. The summed E-state index contributed by atoms with van der Waals surface area (Å²) in [6.07, 6.45) is 1.60. The number of rotatable bonds is 2. The Bertz CT molecular complexity index is 709. The molecule has 120 valence electrons. The van der Waals surface area contributed by atoms with Gasteiger partial charge in [0.05, 0.1) is 11.3 Å². The topological polar surface area (TPSA) is 49.3 Å². The van der Waals surface area contributed by atoms with Crippen molar-refractivity contribution >= 4 is 11.6 Å². The molecule has 1 amide bonds. The average Bonchev–Trinajstić information content (AvgIpc) is 2.55. The number of hydrogen-bond acceptors (Lipinski definition) is 4. The molecule has 1 aromatic carbocycles. The first kappa shape index (κ1) is 15.4. The van der Waals surface area contributed by atoms with E-state index in [0.29, 0.717) is 30.2 Å². The molecule has 0 atom stereocenters. The first-order valence-corrected chi connectivity index (χ1v) is 7.64. The molecule has 2 heterocycles. The molecule has 6 heteroatoms. The van der Waals surface area contributed by atoms with E-state index in [1.807, 2.05) is 18.7 Å². The van der Waals surface area contributed by atoms with E-state index in [-0.39, 0.29) is 11.7 Å². The summed E-state index contributed by atoms with van der Waals surface area (Å²) in [5.41, 5.74) is 2.25. The fourth-order valence-electron chi connectivity index (χ4n) is 2.78. The van der Waals surface area contributed by atoms with Crippen LogP contribution in [0.1, 0.15) is 21.9 Å². The summed E-state index contributed by atoms with van der Waals surface area (Å²) in [5.74, 6) is 0.402. The highest BCUT2D eigenvalue weighted by atomic mass is 19.1. The van der Waals surface area contributed by atoms with Crippen LogP contribution in [0.5, 0.6) is 0 Å². The molecule has 1 fully saturated rings. The molecule has 0 bridgehead atoms. The third kappa shape index (κ3) is 3.31.